The molecule has 0 aliphatic rings. The third kappa shape index (κ3) is 4.53. The Morgan fingerprint density at radius 1 is 1.17 bits per heavy atom. The zero-order valence-corrected chi connectivity index (χ0v) is 14.0. The monoisotopic (exact) mass is 361 g/mol. The normalized spacial score (nSPS) is 10.4. The molecule has 0 unspecified atom stereocenters. The molecule has 0 bridgehead atoms. The van der Waals surface area contributed by atoms with Crippen LogP contribution in [0.15, 0.2) is 53.9 Å². The second kappa shape index (κ2) is 7.42. The Bertz CT molecular complexity index is 851. The van der Waals surface area contributed by atoms with Crippen LogP contribution in [-0.2, 0) is 11.2 Å². The van der Waals surface area contributed by atoms with Crippen LogP contribution in [0, 0.1) is 5.82 Å². The number of anilines is 3. The van der Waals surface area contributed by atoms with Gasteiger partial charge in [-0.15, -0.1) is 11.3 Å². The lowest BCUT2D eigenvalue weighted by Gasteiger charge is -2.04. The van der Waals surface area contributed by atoms with Gasteiger partial charge in [0.05, 0.1) is 12.1 Å². The van der Waals surface area contributed by atoms with E-state index >= 15 is 0 Å². The standard InChI is InChI=1S/C17H13ClFN3OS/c18-11-2-1-3-14(8-11)21-17-22-15(10-24-17)9-16(23)20-13-6-4-12(19)5-7-13/h1-8,10H,9H2,(H,20,23)(H,21,22). The number of halogens is 2. The second-order valence-electron chi connectivity index (χ2n) is 5.01. The third-order valence-electron chi connectivity index (χ3n) is 3.10. The van der Waals surface area contributed by atoms with Crippen molar-refractivity contribution in [1.29, 1.82) is 0 Å². The maximum absolute atomic E-state index is 12.8. The smallest absolute Gasteiger partial charge is 0.230 e. The quantitative estimate of drug-likeness (QED) is 0.682. The fourth-order valence-electron chi connectivity index (χ4n) is 2.04. The number of rotatable bonds is 5. The molecule has 0 saturated heterocycles. The van der Waals surface area contributed by atoms with Crippen molar-refractivity contribution in [2.45, 2.75) is 6.42 Å². The Morgan fingerprint density at radius 2 is 1.96 bits per heavy atom. The largest absolute Gasteiger partial charge is 0.331 e. The molecule has 0 atom stereocenters. The lowest BCUT2D eigenvalue weighted by Crippen LogP contribution is -2.14. The van der Waals surface area contributed by atoms with Crippen LogP contribution in [0.2, 0.25) is 5.02 Å². The summed E-state index contributed by atoms with van der Waals surface area (Å²) in [4.78, 5) is 16.4. The maximum atomic E-state index is 12.8. The average molecular weight is 362 g/mol. The van der Waals surface area contributed by atoms with E-state index < -0.39 is 0 Å². The number of hydrogen-bond acceptors (Lipinski definition) is 4. The van der Waals surface area contributed by atoms with Crippen LogP contribution in [0.1, 0.15) is 5.69 Å². The van der Waals surface area contributed by atoms with Gasteiger partial charge in [-0.05, 0) is 42.5 Å². The highest BCUT2D eigenvalue weighted by molar-refractivity contribution is 7.13. The topological polar surface area (TPSA) is 54.0 Å². The predicted octanol–water partition coefficient (Wildman–Crippen LogP) is 4.86. The summed E-state index contributed by atoms with van der Waals surface area (Å²) >= 11 is 7.34. The van der Waals surface area contributed by atoms with E-state index in [2.05, 4.69) is 15.6 Å². The highest BCUT2D eigenvalue weighted by Crippen LogP contribution is 2.23. The molecule has 1 amide bonds. The van der Waals surface area contributed by atoms with Gasteiger partial charge in [0.15, 0.2) is 5.13 Å². The first-order valence-electron chi connectivity index (χ1n) is 7.11. The molecular formula is C17H13ClFN3OS. The van der Waals surface area contributed by atoms with Gasteiger partial charge >= 0.3 is 0 Å². The van der Waals surface area contributed by atoms with Crippen LogP contribution in [-0.4, -0.2) is 10.9 Å². The molecule has 0 radical (unpaired) electrons. The van der Waals surface area contributed by atoms with Crippen molar-refractivity contribution in [3.63, 3.8) is 0 Å². The summed E-state index contributed by atoms with van der Waals surface area (Å²) in [6.07, 6.45) is 0.144. The molecule has 1 heterocycles. The Kier molecular flexibility index (Phi) is 5.08. The molecule has 0 saturated carbocycles. The number of carbonyl (C=O) groups excluding carboxylic acids is 1. The van der Waals surface area contributed by atoms with Crippen molar-refractivity contribution >= 4 is 45.4 Å². The number of benzene rings is 2. The number of hydrogen-bond donors (Lipinski definition) is 2. The van der Waals surface area contributed by atoms with Crippen LogP contribution in [0.3, 0.4) is 0 Å². The van der Waals surface area contributed by atoms with Gasteiger partial charge in [0, 0.05) is 21.8 Å². The van der Waals surface area contributed by atoms with E-state index in [9.17, 15) is 9.18 Å². The van der Waals surface area contributed by atoms with E-state index in [-0.39, 0.29) is 18.1 Å². The Balaban J connectivity index is 1.59. The van der Waals surface area contributed by atoms with Crippen molar-refractivity contribution in [3.8, 4) is 0 Å². The van der Waals surface area contributed by atoms with Gasteiger partial charge in [0.2, 0.25) is 5.91 Å². The summed E-state index contributed by atoms with van der Waals surface area (Å²) in [5.74, 6) is -0.551. The van der Waals surface area contributed by atoms with Gasteiger partial charge < -0.3 is 10.6 Å². The fraction of sp³-hybridized carbons (Fsp3) is 0.0588. The minimum atomic E-state index is -0.343. The SMILES string of the molecule is O=C(Cc1csc(Nc2cccc(Cl)c2)n1)Nc1ccc(F)cc1. The van der Waals surface area contributed by atoms with Crippen molar-refractivity contribution in [1.82, 2.24) is 4.98 Å². The third-order valence-corrected chi connectivity index (χ3v) is 4.14. The molecule has 3 aromatic rings. The Morgan fingerprint density at radius 3 is 2.71 bits per heavy atom. The molecule has 1 aromatic heterocycles. The van der Waals surface area contributed by atoms with Gasteiger partial charge in [-0.1, -0.05) is 17.7 Å². The molecule has 2 N–H and O–H groups in total. The highest BCUT2D eigenvalue weighted by Gasteiger charge is 2.09. The van der Waals surface area contributed by atoms with E-state index in [0.29, 0.717) is 21.5 Å². The zero-order valence-electron chi connectivity index (χ0n) is 12.4. The number of nitrogens with one attached hydrogen (secondary N) is 2. The summed E-state index contributed by atoms with van der Waals surface area (Å²) < 4.78 is 12.8. The molecule has 24 heavy (non-hydrogen) atoms. The molecule has 2 aromatic carbocycles. The summed E-state index contributed by atoms with van der Waals surface area (Å²) in [6, 6.07) is 12.9. The highest BCUT2D eigenvalue weighted by atomic mass is 35.5. The van der Waals surface area contributed by atoms with Crippen molar-refractivity contribution in [3.05, 3.63) is 70.4 Å². The lowest BCUT2D eigenvalue weighted by atomic mass is 10.3. The van der Waals surface area contributed by atoms with E-state index in [0.717, 1.165) is 5.69 Å². The minimum Gasteiger partial charge on any atom is -0.331 e. The van der Waals surface area contributed by atoms with E-state index in [1.807, 2.05) is 17.5 Å². The van der Waals surface area contributed by atoms with Gasteiger partial charge in [-0.3, -0.25) is 4.79 Å². The predicted molar refractivity (Wildman–Crippen MR) is 95.6 cm³/mol. The van der Waals surface area contributed by atoms with Crippen LogP contribution < -0.4 is 10.6 Å². The lowest BCUT2D eigenvalue weighted by molar-refractivity contribution is -0.115. The van der Waals surface area contributed by atoms with Crippen molar-refractivity contribution in [2.24, 2.45) is 0 Å². The van der Waals surface area contributed by atoms with Crippen LogP contribution >= 0.6 is 22.9 Å². The number of nitrogens with zero attached hydrogens (tertiary/aromatic N) is 1. The first kappa shape index (κ1) is 16.4. The van der Waals surface area contributed by atoms with Gasteiger partial charge in [0.25, 0.3) is 0 Å². The fourth-order valence-corrected chi connectivity index (χ4v) is 2.96. The molecule has 122 valence electrons. The number of thiazole rings is 1. The average Bonchev–Trinajstić information content (AvgIpc) is 2.96. The summed E-state index contributed by atoms with van der Waals surface area (Å²) in [5.41, 5.74) is 2.04. The molecule has 4 nitrogen and oxygen atoms in total. The number of amides is 1. The molecule has 0 fully saturated rings. The summed E-state index contributed by atoms with van der Waals surface area (Å²) in [6.45, 7) is 0. The minimum absolute atomic E-state index is 0.144. The van der Waals surface area contributed by atoms with E-state index in [1.165, 1.54) is 35.6 Å². The Labute approximate surface area is 147 Å². The van der Waals surface area contributed by atoms with Crippen molar-refractivity contribution in [2.75, 3.05) is 10.6 Å². The van der Waals surface area contributed by atoms with E-state index in [4.69, 9.17) is 11.6 Å². The van der Waals surface area contributed by atoms with Crippen LogP contribution in [0.4, 0.5) is 20.9 Å². The molecule has 0 spiro atoms. The molecular weight excluding hydrogens is 349 g/mol. The first-order valence-corrected chi connectivity index (χ1v) is 8.37. The zero-order chi connectivity index (χ0) is 16.9. The second-order valence-corrected chi connectivity index (χ2v) is 6.31. The van der Waals surface area contributed by atoms with Crippen LogP contribution in [0.5, 0.6) is 0 Å². The Hall–Kier alpha value is -2.44. The molecule has 3 rings (SSSR count). The van der Waals surface area contributed by atoms with Gasteiger partial charge in [-0.2, -0.15) is 0 Å². The summed E-state index contributed by atoms with van der Waals surface area (Å²) in [7, 11) is 0. The van der Waals surface area contributed by atoms with E-state index in [1.54, 1.807) is 12.1 Å². The number of aromatic nitrogens is 1. The maximum Gasteiger partial charge on any atom is 0.230 e. The molecule has 0 aliphatic heterocycles. The molecule has 7 heteroatoms. The van der Waals surface area contributed by atoms with Crippen molar-refractivity contribution < 1.29 is 9.18 Å². The van der Waals surface area contributed by atoms with Gasteiger partial charge in [-0.25, -0.2) is 9.37 Å². The first-order chi connectivity index (χ1) is 11.6. The molecule has 0 aliphatic carbocycles. The van der Waals surface area contributed by atoms with Crippen LogP contribution in [0.25, 0.3) is 0 Å². The number of carbonyl (C=O) groups is 1. The summed E-state index contributed by atoms with van der Waals surface area (Å²) in [5, 5.41) is 8.98. The van der Waals surface area contributed by atoms with Gasteiger partial charge in [0.1, 0.15) is 5.82 Å².